The largest absolute Gasteiger partial charge is 0.467 e. The normalized spacial score (nSPS) is 16.4. The van der Waals surface area contributed by atoms with Crippen LogP contribution in [0.15, 0.2) is 29.3 Å². The molecule has 0 saturated heterocycles. The Hall–Kier alpha value is -1.88. The van der Waals surface area contributed by atoms with Gasteiger partial charge in [-0.3, -0.25) is 4.99 Å². The van der Waals surface area contributed by atoms with Crippen molar-refractivity contribution in [3.8, 4) is 0 Å². The molecule has 0 radical (unpaired) electrons. The molecular formula is C13H16N2O3. The highest BCUT2D eigenvalue weighted by Gasteiger charge is 2.25. The van der Waals surface area contributed by atoms with Crippen LogP contribution in [0.5, 0.6) is 0 Å². The maximum atomic E-state index is 11.4. The first-order valence-corrected chi connectivity index (χ1v) is 5.76. The van der Waals surface area contributed by atoms with Gasteiger partial charge in [-0.25, -0.2) is 4.79 Å². The average Bonchev–Trinajstić information content (AvgIpc) is 2.83. The van der Waals surface area contributed by atoms with Crippen molar-refractivity contribution in [2.24, 2.45) is 4.99 Å². The van der Waals surface area contributed by atoms with Gasteiger partial charge in [-0.05, 0) is 0 Å². The number of rotatable bonds is 3. The third-order valence-corrected chi connectivity index (χ3v) is 2.98. The lowest BCUT2D eigenvalue weighted by Gasteiger charge is -2.18. The second-order valence-corrected chi connectivity index (χ2v) is 4.14. The monoisotopic (exact) mass is 248 g/mol. The number of carbonyl (C=O) groups excluding carboxylic acids is 1. The van der Waals surface area contributed by atoms with Gasteiger partial charge in [-0.2, -0.15) is 0 Å². The summed E-state index contributed by atoms with van der Waals surface area (Å²) < 4.78 is 4.57. The van der Waals surface area contributed by atoms with Gasteiger partial charge in [0.1, 0.15) is 5.84 Å². The van der Waals surface area contributed by atoms with Gasteiger partial charge in [-0.15, -0.1) is 0 Å². The number of esters is 1. The fourth-order valence-corrected chi connectivity index (χ4v) is 2.00. The number of aliphatic hydroxyl groups excluding tert-OH is 1. The second kappa shape index (κ2) is 5.18. The second-order valence-electron chi connectivity index (χ2n) is 4.14. The molecule has 0 amide bonds. The van der Waals surface area contributed by atoms with Crippen LogP contribution in [0.3, 0.4) is 0 Å². The summed E-state index contributed by atoms with van der Waals surface area (Å²) in [6.45, 7) is 1.58. The minimum Gasteiger partial charge on any atom is -0.467 e. The van der Waals surface area contributed by atoms with Gasteiger partial charge < -0.3 is 14.7 Å². The van der Waals surface area contributed by atoms with E-state index in [1.165, 1.54) is 7.11 Å². The molecule has 1 unspecified atom stereocenters. The maximum absolute atomic E-state index is 11.4. The van der Waals surface area contributed by atoms with Crippen molar-refractivity contribution >= 4 is 11.8 Å². The van der Waals surface area contributed by atoms with Crippen LogP contribution < -0.4 is 0 Å². The standard InChI is InChI=1S/C13H16N2O3/c1-15-8-7-14-12(15)10-6-4-3-5-9(10)11(16)13(17)18-2/h3-6,11,16H,7-8H2,1-2H3. The van der Waals surface area contributed by atoms with Gasteiger partial charge in [-0.1, -0.05) is 24.3 Å². The molecule has 1 heterocycles. The summed E-state index contributed by atoms with van der Waals surface area (Å²) in [6.07, 6.45) is -1.28. The van der Waals surface area contributed by atoms with Crippen LogP contribution in [-0.4, -0.2) is 49.1 Å². The fourth-order valence-electron chi connectivity index (χ4n) is 2.00. The quantitative estimate of drug-likeness (QED) is 0.795. The number of aliphatic hydroxyl groups is 1. The molecule has 1 aromatic carbocycles. The molecule has 1 atom stereocenters. The topological polar surface area (TPSA) is 62.1 Å². The van der Waals surface area contributed by atoms with Crippen molar-refractivity contribution in [2.75, 3.05) is 27.2 Å². The Morgan fingerprint density at radius 1 is 1.50 bits per heavy atom. The molecule has 0 aromatic heterocycles. The number of methoxy groups -OCH3 is 1. The van der Waals surface area contributed by atoms with E-state index >= 15 is 0 Å². The first-order chi connectivity index (χ1) is 8.65. The predicted octanol–water partition coefficient (Wildman–Crippen LogP) is 0.585. The molecular weight excluding hydrogens is 232 g/mol. The van der Waals surface area contributed by atoms with Crippen LogP contribution in [0.1, 0.15) is 17.2 Å². The summed E-state index contributed by atoms with van der Waals surface area (Å²) in [4.78, 5) is 17.8. The Bertz CT molecular complexity index is 485. The van der Waals surface area contributed by atoms with Crippen LogP contribution in [0, 0.1) is 0 Å². The summed E-state index contributed by atoms with van der Waals surface area (Å²) in [5.74, 6) is 0.136. The zero-order valence-corrected chi connectivity index (χ0v) is 10.5. The van der Waals surface area contributed by atoms with Crippen molar-refractivity contribution in [3.05, 3.63) is 35.4 Å². The summed E-state index contributed by atoms with van der Waals surface area (Å²) in [6, 6.07) is 7.20. The lowest BCUT2D eigenvalue weighted by atomic mass is 10.0. The van der Waals surface area contributed by atoms with E-state index in [1.807, 2.05) is 24.1 Å². The van der Waals surface area contributed by atoms with E-state index in [-0.39, 0.29) is 0 Å². The van der Waals surface area contributed by atoms with E-state index in [2.05, 4.69) is 9.73 Å². The van der Waals surface area contributed by atoms with Crippen molar-refractivity contribution < 1.29 is 14.6 Å². The van der Waals surface area contributed by atoms with Gasteiger partial charge in [0.05, 0.1) is 13.7 Å². The molecule has 1 aliphatic rings. The van der Waals surface area contributed by atoms with Crippen LogP contribution in [0.25, 0.3) is 0 Å². The summed E-state index contributed by atoms with van der Waals surface area (Å²) in [7, 11) is 3.19. The van der Waals surface area contributed by atoms with E-state index in [4.69, 9.17) is 0 Å². The average molecular weight is 248 g/mol. The van der Waals surface area contributed by atoms with Crippen LogP contribution in [0.4, 0.5) is 0 Å². The highest BCUT2D eigenvalue weighted by molar-refractivity contribution is 6.01. The molecule has 5 heteroatoms. The van der Waals surface area contributed by atoms with Gasteiger partial charge >= 0.3 is 5.97 Å². The number of likely N-dealkylation sites (N-methyl/N-ethyl adjacent to an activating group) is 1. The summed E-state index contributed by atoms with van der Waals surface area (Å²) in [5.41, 5.74) is 1.30. The number of hydrogen-bond donors (Lipinski definition) is 1. The van der Waals surface area contributed by atoms with E-state index in [1.54, 1.807) is 12.1 Å². The molecule has 1 N–H and O–H groups in total. The maximum Gasteiger partial charge on any atom is 0.339 e. The number of nitrogens with zero attached hydrogens (tertiary/aromatic N) is 2. The lowest BCUT2D eigenvalue weighted by molar-refractivity contribution is -0.150. The number of aliphatic imine (C=N–C) groups is 1. The fraction of sp³-hybridized carbons (Fsp3) is 0.385. The third kappa shape index (κ3) is 2.22. The minimum atomic E-state index is -1.28. The van der Waals surface area contributed by atoms with Crippen LogP contribution >= 0.6 is 0 Å². The van der Waals surface area contributed by atoms with Gasteiger partial charge in [0.15, 0.2) is 6.10 Å². The Kier molecular flexibility index (Phi) is 3.62. The third-order valence-electron chi connectivity index (χ3n) is 2.98. The van der Waals surface area contributed by atoms with Crippen LogP contribution in [0.2, 0.25) is 0 Å². The first-order valence-electron chi connectivity index (χ1n) is 5.76. The SMILES string of the molecule is COC(=O)C(O)c1ccccc1C1=NCCN1C. The van der Waals surface area contributed by atoms with Gasteiger partial charge in [0, 0.05) is 24.7 Å². The number of carbonyl (C=O) groups is 1. The van der Waals surface area contributed by atoms with E-state index in [0.29, 0.717) is 5.56 Å². The van der Waals surface area contributed by atoms with Crippen molar-refractivity contribution in [3.63, 3.8) is 0 Å². The van der Waals surface area contributed by atoms with E-state index in [9.17, 15) is 9.90 Å². The lowest BCUT2D eigenvalue weighted by Crippen LogP contribution is -2.26. The number of ether oxygens (including phenoxy) is 1. The van der Waals surface area contributed by atoms with Gasteiger partial charge in [0.2, 0.25) is 0 Å². The smallest absolute Gasteiger partial charge is 0.339 e. The zero-order valence-electron chi connectivity index (χ0n) is 10.5. The Morgan fingerprint density at radius 3 is 2.83 bits per heavy atom. The molecule has 5 nitrogen and oxygen atoms in total. The Labute approximate surface area is 106 Å². The molecule has 18 heavy (non-hydrogen) atoms. The molecule has 1 aromatic rings. The Balaban J connectivity index is 2.40. The summed E-state index contributed by atoms with van der Waals surface area (Å²) >= 11 is 0. The number of hydrogen-bond acceptors (Lipinski definition) is 5. The molecule has 1 aliphatic heterocycles. The number of benzene rings is 1. The molecule has 2 rings (SSSR count). The van der Waals surface area contributed by atoms with Crippen molar-refractivity contribution in [1.29, 1.82) is 0 Å². The van der Waals surface area contributed by atoms with E-state index < -0.39 is 12.1 Å². The predicted molar refractivity (Wildman–Crippen MR) is 67.5 cm³/mol. The van der Waals surface area contributed by atoms with E-state index in [0.717, 1.165) is 24.5 Å². The zero-order chi connectivity index (χ0) is 13.1. The minimum absolute atomic E-state index is 0.525. The van der Waals surface area contributed by atoms with Gasteiger partial charge in [0.25, 0.3) is 0 Å². The molecule has 0 fully saturated rings. The summed E-state index contributed by atoms with van der Waals surface area (Å²) in [5, 5.41) is 9.97. The number of amidine groups is 1. The molecule has 96 valence electrons. The molecule has 0 saturated carbocycles. The molecule has 0 spiro atoms. The highest BCUT2D eigenvalue weighted by atomic mass is 16.5. The Morgan fingerprint density at radius 2 is 2.22 bits per heavy atom. The molecule has 0 bridgehead atoms. The molecule has 0 aliphatic carbocycles. The first kappa shape index (κ1) is 12.6. The van der Waals surface area contributed by atoms with Crippen molar-refractivity contribution in [1.82, 2.24) is 4.90 Å². The van der Waals surface area contributed by atoms with Crippen LogP contribution in [-0.2, 0) is 9.53 Å². The van der Waals surface area contributed by atoms with Crippen molar-refractivity contribution in [2.45, 2.75) is 6.10 Å². The highest BCUT2D eigenvalue weighted by Crippen LogP contribution is 2.22.